The highest BCUT2D eigenvalue weighted by molar-refractivity contribution is 5.99. The number of aromatic nitrogens is 4. The molecule has 10 nitrogen and oxygen atoms in total. The molecular formula is C17H16N6O4. The predicted molar refractivity (Wildman–Crippen MR) is 96.6 cm³/mol. The van der Waals surface area contributed by atoms with Crippen LogP contribution in [0.2, 0.25) is 0 Å². The fourth-order valence-electron chi connectivity index (χ4n) is 2.82. The lowest BCUT2D eigenvalue weighted by atomic mass is 10.2. The van der Waals surface area contributed by atoms with Gasteiger partial charge in [-0.05, 0) is 25.1 Å². The fraction of sp³-hybridized carbons (Fsp3) is 0.235. The molecule has 10 heteroatoms. The Morgan fingerprint density at radius 2 is 2.19 bits per heavy atom. The van der Waals surface area contributed by atoms with E-state index in [0.29, 0.717) is 28.2 Å². The Kier molecular flexibility index (Phi) is 3.87. The summed E-state index contributed by atoms with van der Waals surface area (Å²) >= 11 is 0. The van der Waals surface area contributed by atoms with Crippen molar-refractivity contribution in [1.29, 1.82) is 0 Å². The van der Waals surface area contributed by atoms with Crippen LogP contribution in [0.4, 0.5) is 11.4 Å². The molecule has 0 spiro atoms. The number of nitrogens with one attached hydrogen (secondary N) is 2. The van der Waals surface area contributed by atoms with Crippen molar-refractivity contribution in [2.75, 3.05) is 10.6 Å². The van der Waals surface area contributed by atoms with Gasteiger partial charge in [0.15, 0.2) is 11.8 Å². The standard InChI is InChI=1S/C17H16N6O4/c1-9-16(25)21-12-5-10(3-4-13(12)27-9)20-14(24)7-23-8-18-15-11(17(23)26)6-19-22(15)2/h3-6,8-9H,7H2,1-2H3,(H,20,24)(H,21,25). The van der Waals surface area contributed by atoms with Gasteiger partial charge in [-0.3, -0.25) is 23.6 Å². The number of rotatable bonds is 3. The van der Waals surface area contributed by atoms with Gasteiger partial charge in [-0.15, -0.1) is 0 Å². The van der Waals surface area contributed by atoms with E-state index in [1.54, 1.807) is 32.2 Å². The summed E-state index contributed by atoms with van der Waals surface area (Å²) in [5.41, 5.74) is 1.06. The lowest BCUT2D eigenvalue weighted by Crippen LogP contribution is -2.34. The number of aryl methyl sites for hydroxylation is 1. The molecule has 1 aromatic carbocycles. The number of carbonyl (C=O) groups excluding carboxylic acids is 2. The molecule has 1 aliphatic rings. The number of anilines is 2. The second kappa shape index (κ2) is 6.24. The number of carbonyl (C=O) groups is 2. The zero-order valence-electron chi connectivity index (χ0n) is 14.6. The highest BCUT2D eigenvalue weighted by Crippen LogP contribution is 2.32. The minimum atomic E-state index is -0.570. The lowest BCUT2D eigenvalue weighted by molar-refractivity contribution is -0.122. The fourth-order valence-corrected chi connectivity index (χ4v) is 2.82. The first-order chi connectivity index (χ1) is 12.9. The maximum atomic E-state index is 12.4. The molecule has 0 bridgehead atoms. The largest absolute Gasteiger partial charge is 0.479 e. The van der Waals surface area contributed by atoms with Crippen LogP contribution in [0.1, 0.15) is 6.92 Å². The van der Waals surface area contributed by atoms with Crippen molar-refractivity contribution in [3.8, 4) is 5.75 Å². The number of benzene rings is 1. The van der Waals surface area contributed by atoms with Gasteiger partial charge in [0, 0.05) is 12.7 Å². The molecule has 27 heavy (non-hydrogen) atoms. The Morgan fingerprint density at radius 1 is 1.37 bits per heavy atom. The Bertz CT molecular complexity index is 1130. The summed E-state index contributed by atoms with van der Waals surface area (Å²) in [6.45, 7) is 1.45. The van der Waals surface area contributed by atoms with E-state index >= 15 is 0 Å². The van der Waals surface area contributed by atoms with Gasteiger partial charge in [-0.25, -0.2) is 4.98 Å². The van der Waals surface area contributed by atoms with Crippen molar-refractivity contribution in [2.24, 2.45) is 7.05 Å². The maximum Gasteiger partial charge on any atom is 0.265 e. The third kappa shape index (κ3) is 3.01. The summed E-state index contributed by atoms with van der Waals surface area (Å²) in [5, 5.41) is 9.74. The van der Waals surface area contributed by atoms with Crippen LogP contribution in [0, 0.1) is 0 Å². The van der Waals surface area contributed by atoms with Crippen molar-refractivity contribution < 1.29 is 14.3 Å². The molecule has 2 amide bonds. The van der Waals surface area contributed by atoms with Crippen molar-refractivity contribution in [1.82, 2.24) is 19.3 Å². The molecule has 3 aromatic rings. The number of fused-ring (bicyclic) bond motifs is 2. The van der Waals surface area contributed by atoms with E-state index in [4.69, 9.17) is 4.74 Å². The third-order valence-electron chi connectivity index (χ3n) is 4.23. The molecule has 1 aliphatic heterocycles. The average molecular weight is 368 g/mol. The van der Waals surface area contributed by atoms with Crippen LogP contribution in [0.15, 0.2) is 35.5 Å². The molecule has 0 saturated heterocycles. The molecule has 0 saturated carbocycles. The number of hydrogen-bond acceptors (Lipinski definition) is 6. The molecular weight excluding hydrogens is 352 g/mol. The minimum absolute atomic E-state index is 0.201. The lowest BCUT2D eigenvalue weighted by Gasteiger charge is -2.23. The molecule has 4 rings (SSSR count). The van der Waals surface area contributed by atoms with E-state index in [1.807, 2.05) is 0 Å². The summed E-state index contributed by atoms with van der Waals surface area (Å²) < 4.78 is 8.18. The van der Waals surface area contributed by atoms with Crippen molar-refractivity contribution in [2.45, 2.75) is 19.6 Å². The quantitative estimate of drug-likeness (QED) is 0.694. The zero-order chi connectivity index (χ0) is 19.1. The molecule has 0 radical (unpaired) electrons. The number of hydrogen-bond donors (Lipinski definition) is 2. The SMILES string of the molecule is CC1Oc2ccc(NC(=O)Cn3cnc4c(cnn4C)c3=O)cc2NC1=O. The van der Waals surface area contributed by atoms with E-state index in [2.05, 4.69) is 20.7 Å². The molecule has 0 fully saturated rings. The predicted octanol–water partition coefficient (Wildman–Crippen LogP) is 0.488. The first-order valence-electron chi connectivity index (χ1n) is 8.21. The van der Waals surface area contributed by atoms with Crippen LogP contribution in [-0.4, -0.2) is 37.2 Å². The van der Waals surface area contributed by atoms with Crippen LogP contribution in [-0.2, 0) is 23.2 Å². The summed E-state index contributed by atoms with van der Waals surface area (Å²) in [6.07, 6.45) is 2.17. The van der Waals surface area contributed by atoms with Gasteiger partial charge in [0.2, 0.25) is 5.91 Å². The molecule has 1 unspecified atom stereocenters. The third-order valence-corrected chi connectivity index (χ3v) is 4.23. The molecule has 1 atom stereocenters. The second-order valence-electron chi connectivity index (χ2n) is 6.19. The number of nitrogens with zero attached hydrogens (tertiary/aromatic N) is 4. The summed E-state index contributed by atoms with van der Waals surface area (Å²) in [7, 11) is 1.69. The second-order valence-corrected chi connectivity index (χ2v) is 6.19. The van der Waals surface area contributed by atoms with Gasteiger partial charge < -0.3 is 15.4 Å². The average Bonchev–Trinajstić information content (AvgIpc) is 3.00. The van der Waals surface area contributed by atoms with Gasteiger partial charge in [-0.1, -0.05) is 0 Å². The topological polar surface area (TPSA) is 120 Å². The highest BCUT2D eigenvalue weighted by atomic mass is 16.5. The molecule has 2 aromatic heterocycles. The van der Waals surface area contributed by atoms with E-state index in [-0.39, 0.29) is 18.0 Å². The smallest absolute Gasteiger partial charge is 0.265 e. The Balaban J connectivity index is 1.52. The molecule has 2 N–H and O–H groups in total. The minimum Gasteiger partial charge on any atom is -0.479 e. The molecule has 3 heterocycles. The zero-order valence-corrected chi connectivity index (χ0v) is 14.6. The first kappa shape index (κ1) is 16.8. The number of amides is 2. The van der Waals surface area contributed by atoms with Gasteiger partial charge in [0.1, 0.15) is 24.0 Å². The Labute approximate surface area is 152 Å². The molecule has 138 valence electrons. The van der Waals surface area contributed by atoms with E-state index in [0.717, 1.165) is 0 Å². The van der Waals surface area contributed by atoms with Gasteiger partial charge in [0.25, 0.3) is 11.5 Å². The van der Waals surface area contributed by atoms with Gasteiger partial charge >= 0.3 is 0 Å². The van der Waals surface area contributed by atoms with Crippen LogP contribution >= 0.6 is 0 Å². The van der Waals surface area contributed by atoms with Crippen molar-refractivity contribution >= 4 is 34.2 Å². The Hall–Kier alpha value is -3.69. The summed E-state index contributed by atoms with van der Waals surface area (Å²) in [4.78, 5) is 40.6. The van der Waals surface area contributed by atoms with Gasteiger partial charge in [-0.2, -0.15) is 5.10 Å². The first-order valence-corrected chi connectivity index (χ1v) is 8.21. The van der Waals surface area contributed by atoms with Crippen molar-refractivity contribution in [3.05, 3.63) is 41.1 Å². The van der Waals surface area contributed by atoms with E-state index in [9.17, 15) is 14.4 Å². The van der Waals surface area contributed by atoms with Crippen molar-refractivity contribution in [3.63, 3.8) is 0 Å². The Morgan fingerprint density at radius 3 is 3.00 bits per heavy atom. The van der Waals surface area contributed by atoms with Crippen LogP contribution in [0.5, 0.6) is 5.75 Å². The van der Waals surface area contributed by atoms with E-state index < -0.39 is 12.0 Å². The van der Waals surface area contributed by atoms with Crippen LogP contribution in [0.25, 0.3) is 11.0 Å². The number of ether oxygens (including phenoxy) is 1. The normalized spacial score (nSPS) is 15.8. The summed E-state index contributed by atoms with van der Waals surface area (Å²) in [5.74, 6) is -0.130. The van der Waals surface area contributed by atoms with Gasteiger partial charge in [0.05, 0.1) is 11.9 Å². The van der Waals surface area contributed by atoms with Crippen LogP contribution < -0.4 is 20.9 Å². The van der Waals surface area contributed by atoms with Crippen LogP contribution in [0.3, 0.4) is 0 Å². The van der Waals surface area contributed by atoms with E-state index in [1.165, 1.54) is 21.8 Å². The molecule has 0 aliphatic carbocycles. The summed E-state index contributed by atoms with van der Waals surface area (Å²) in [6, 6.07) is 4.92. The highest BCUT2D eigenvalue weighted by Gasteiger charge is 2.23. The monoisotopic (exact) mass is 368 g/mol. The maximum absolute atomic E-state index is 12.4.